The second-order valence-corrected chi connectivity index (χ2v) is 8.15. The van der Waals surface area contributed by atoms with Crippen LogP contribution in [0.1, 0.15) is 19.1 Å². The average Bonchev–Trinajstić information content (AvgIpc) is 3.27. The third-order valence-electron chi connectivity index (χ3n) is 4.63. The number of imidazole rings is 1. The van der Waals surface area contributed by atoms with Crippen molar-refractivity contribution in [3.8, 4) is 0 Å². The molecule has 2 aromatic rings. The van der Waals surface area contributed by atoms with Crippen LogP contribution in [0.25, 0.3) is 11.2 Å². The van der Waals surface area contributed by atoms with Crippen molar-refractivity contribution in [1.82, 2.24) is 19.5 Å². The van der Waals surface area contributed by atoms with Gasteiger partial charge in [-0.1, -0.05) is 0 Å². The molecule has 14 nitrogen and oxygen atoms in total. The SMILES string of the molecule is NCCCOCCCNc1ncnc2c1ncn2[C@@H]1O[C@H](COP(=O)(O)O)[C@@H](O)[C@H]1O. The number of aliphatic hydroxyl groups is 2. The van der Waals surface area contributed by atoms with Crippen molar-refractivity contribution in [3.63, 3.8) is 0 Å². The van der Waals surface area contributed by atoms with Crippen LogP contribution in [0.4, 0.5) is 5.82 Å². The Bertz CT molecular complexity index is 894. The van der Waals surface area contributed by atoms with Crippen molar-refractivity contribution >= 4 is 24.8 Å². The summed E-state index contributed by atoms with van der Waals surface area (Å²) in [5.74, 6) is 0.486. The topological polar surface area (TPSA) is 207 Å². The largest absolute Gasteiger partial charge is 0.469 e. The van der Waals surface area contributed by atoms with Gasteiger partial charge in [0, 0.05) is 19.8 Å². The highest BCUT2D eigenvalue weighted by Gasteiger charge is 2.45. The van der Waals surface area contributed by atoms with Crippen molar-refractivity contribution in [3.05, 3.63) is 12.7 Å². The van der Waals surface area contributed by atoms with Crippen molar-refractivity contribution in [2.24, 2.45) is 5.73 Å². The highest BCUT2D eigenvalue weighted by molar-refractivity contribution is 7.46. The van der Waals surface area contributed by atoms with Gasteiger partial charge in [0.25, 0.3) is 0 Å². The van der Waals surface area contributed by atoms with Crippen LogP contribution in [0, 0.1) is 0 Å². The van der Waals surface area contributed by atoms with Crippen LogP contribution in [0.2, 0.25) is 0 Å². The minimum Gasteiger partial charge on any atom is -0.387 e. The smallest absolute Gasteiger partial charge is 0.387 e. The number of nitrogens with two attached hydrogens (primary N) is 1. The standard InChI is InChI=1S/C16H27N6O8P/c17-3-1-5-28-6-2-4-18-14-11-15(20-8-19-14)22(9-21-11)16-13(24)12(23)10(30-16)7-29-31(25,26)27/h8-10,12-13,16,23-24H,1-7,17H2,(H,18,19,20)(H2,25,26,27)/t10-,12-,13-,16-/m1/s1. The van der Waals surface area contributed by atoms with E-state index in [2.05, 4.69) is 24.8 Å². The molecule has 4 atom stereocenters. The first-order valence-corrected chi connectivity index (χ1v) is 11.3. The van der Waals surface area contributed by atoms with Gasteiger partial charge in [0.15, 0.2) is 23.2 Å². The quantitative estimate of drug-likeness (QED) is 0.161. The predicted molar refractivity (Wildman–Crippen MR) is 107 cm³/mol. The van der Waals surface area contributed by atoms with Gasteiger partial charge in [-0.25, -0.2) is 19.5 Å². The van der Waals surface area contributed by atoms with Crippen LogP contribution in [-0.4, -0.2) is 90.7 Å². The summed E-state index contributed by atoms with van der Waals surface area (Å²) in [5, 5.41) is 23.7. The highest BCUT2D eigenvalue weighted by atomic mass is 31.2. The zero-order chi connectivity index (χ0) is 22.4. The summed E-state index contributed by atoms with van der Waals surface area (Å²) in [7, 11) is -4.75. The minimum atomic E-state index is -4.75. The van der Waals surface area contributed by atoms with E-state index < -0.39 is 39.0 Å². The molecule has 0 aromatic carbocycles. The van der Waals surface area contributed by atoms with Crippen LogP contribution < -0.4 is 11.1 Å². The fourth-order valence-corrected chi connectivity index (χ4v) is 3.44. The van der Waals surface area contributed by atoms with E-state index in [1.807, 2.05) is 0 Å². The number of hydrogen-bond acceptors (Lipinski definition) is 11. The molecule has 0 unspecified atom stereocenters. The molecule has 0 amide bonds. The summed E-state index contributed by atoms with van der Waals surface area (Å²) >= 11 is 0. The molecule has 31 heavy (non-hydrogen) atoms. The maximum absolute atomic E-state index is 10.9. The first kappa shape index (κ1) is 23.9. The van der Waals surface area contributed by atoms with Gasteiger partial charge >= 0.3 is 7.82 Å². The molecule has 1 saturated heterocycles. The summed E-state index contributed by atoms with van der Waals surface area (Å²) in [6, 6.07) is 0. The van der Waals surface area contributed by atoms with Gasteiger partial charge in [0.1, 0.15) is 24.6 Å². The molecule has 1 aliphatic rings. The molecule has 1 aliphatic heterocycles. The Hall–Kier alpha value is -1.74. The van der Waals surface area contributed by atoms with E-state index in [1.54, 1.807) is 0 Å². The Balaban J connectivity index is 1.64. The lowest BCUT2D eigenvalue weighted by Gasteiger charge is -2.16. The molecule has 1 fully saturated rings. The lowest BCUT2D eigenvalue weighted by atomic mass is 10.1. The van der Waals surface area contributed by atoms with Crippen LogP contribution in [0.5, 0.6) is 0 Å². The molecule has 0 saturated carbocycles. The summed E-state index contributed by atoms with van der Waals surface area (Å²) in [6.07, 6.45) is -0.775. The number of fused-ring (bicyclic) bond motifs is 1. The third-order valence-corrected chi connectivity index (χ3v) is 5.11. The van der Waals surface area contributed by atoms with E-state index in [0.717, 1.165) is 12.8 Å². The fourth-order valence-electron chi connectivity index (χ4n) is 3.10. The maximum atomic E-state index is 10.9. The number of phosphoric acid groups is 1. The lowest BCUT2D eigenvalue weighted by molar-refractivity contribution is -0.0504. The Kier molecular flexibility index (Phi) is 8.27. The molecule has 2 aromatic heterocycles. The molecule has 3 heterocycles. The number of ether oxygens (including phenoxy) is 2. The summed E-state index contributed by atoms with van der Waals surface area (Å²) in [5.41, 5.74) is 6.20. The van der Waals surface area contributed by atoms with E-state index in [1.165, 1.54) is 17.2 Å². The van der Waals surface area contributed by atoms with E-state index in [9.17, 15) is 14.8 Å². The normalized spacial score (nSPS) is 24.2. The monoisotopic (exact) mass is 462 g/mol. The first-order valence-electron chi connectivity index (χ1n) is 9.72. The van der Waals surface area contributed by atoms with Crippen LogP contribution >= 0.6 is 7.82 Å². The lowest BCUT2D eigenvalue weighted by Crippen LogP contribution is -2.33. The van der Waals surface area contributed by atoms with Gasteiger partial charge in [0.2, 0.25) is 0 Å². The number of hydrogen-bond donors (Lipinski definition) is 6. The van der Waals surface area contributed by atoms with Crippen molar-refractivity contribution in [2.45, 2.75) is 37.4 Å². The van der Waals surface area contributed by atoms with Crippen LogP contribution in [0.15, 0.2) is 12.7 Å². The van der Waals surface area contributed by atoms with E-state index in [-0.39, 0.29) is 0 Å². The third kappa shape index (κ3) is 6.16. The molecular formula is C16H27N6O8P. The molecule has 174 valence electrons. The number of aliphatic hydroxyl groups excluding tert-OH is 2. The number of nitrogens with zero attached hydrogens (tertiary/aromatic N) is 4. The van der Waals surface area contributed by atoms with Gasteiger partial charge < -0.3 is 40.5 Å². The number of anilines is 1. The fraction of sp³-hybridized carbons (Fsp3) is 0.688. The molecule has 0 aliphatic carbocycles. The molecule has 7 N–H and O–H groups in total. The Morgan fingerprint density at radius 1 is 1.19 bits per heavy atom. The number of aromatic nitrogens is 4. The second kappa shape index (κ2) is 10.7. The van der Waals surface area contributed by atoms with Gasteiger partial charge in [0.05, 0.1) is 12.9 Å². The number of phosphoric ester groups is 1. The van der Waals surface area contributed by atoms with Crippen molar-refractivity contribution in [2.75, 3.05) is 38.2 Å². The van der Waals surface area contributed by atoms with Gasteiger partial charge in [-0.15, -0.1) is 0 Å². The van der Waals surface area contributed by atoms with Crippen molar-refractivity contribution < 1.29 is 38.6 Å². The predicted octanol–water partition coefficient (Wildman–Crippen LogP) is -1.28. The Morgan fingerprint density at radius 2 is 1.97 bits per heavy atom. The summed E-state index contributed by atoms with van der Waals surface area (Å²) in [6.45, 7) is 1.78. The van der Waals surface area contributed by atoms with Gasteiger partial charge in [-0.05, 0) is 19.4 Å². The number of nitrogens with one attached hydrogen (secondary N) is 1. The maximum Gasteiger partial charge on any atom is 0.469 e. The summed E-state index contributed by atoms with van der Waals surface area (Å²) in [4.78, 5) is 30.3. The second-order valence-electron chi connectivity index (χ2n) is 6.91. The molecule has 3 rings (SSSR count). The Morgan fingerprint density at radius 3 is 2.71 bits per heavy atom. The van der Waals surface area contributed by atoms with E-state index >= 15 is 0 Å². The van der Waals surface area contributed by atoms with E-state index in [4.69, 9.17) is 25.0 Å². The molecule has 15 heteroatoms. The first-order chi connectivity index (χ1) is 14.8. The van der Waals surface area contributed by atoms with Crippen LogP contribution in [-0.2, 0) is 18.6 Å². The zero-order valence-corrected chi connectivity index (χ0v) is 17.5. The molecular weight excluding hydrogens is 435 g/mol. The van der Waals surface area contributed by atoms with Gasteiger partial charge in [-0.3, -0.25) is 9.09 Å². The average molecular weight is 462 g/mol. The molecule has 0 spiro atoms. The van der Waals surface area contributed by atoms with E-state index in [0.29, 0.717) is 43.3 Å². The number of rotatable bonds is 12. The van der Waals surface area contributed by atoms with Crippen LogP contribution in [0.3, 0.4) is 0 Å². The summed E-state index contributed by atoms with van der Waals surface area (Å²) < 4.78 is 27.7. The van der Waals surface area contributed by atoms with Crippen molar-refractivity contribution in [1.29, 1.82) is 0 Å². The molecule has 0 radical (unpaired) electrons. The van der Waals surface area contributed by atoms with Gasteiger partial charge in [-0.2, -0.15) is 0 Å². The molecule has 0 bridgehead atoms. The minimum absolute atomic E-state index is 0.351. The zero-order valence-electron chi connectivity index (χ0n) is 16.6. The Labute approximate surface area is 177 Å². The highest BCUT2D eigenvalue weighted by Crippen LogP contribution is 2.38.